The second-order valence-electron chi connectivity index (χ2n) is 2.54. The zero-order chi connectivity index (χ0) is 8.39. The van der Waals surface area contributed by atoms with E-state index in [1.54, 1.807) is 11.1 Å². The van der Waals surface area contributed by atoms with Gasteiger partial charge in [0.2, 0.25) is 5.91 Å². The zero-order valence-electron chi connectivity index (χ0n) is 6.90. The molecule has 0 bridgehead atoms. The van der Waals surface area contributed by atoms with Gasteiger partial charge in [0.25, 0.3) is 0 Å². The van der Waals surface area contributed by atoms with Crippen molar-refractivity contribution in [2.24, 2.45) is 0 Å². The molecule has 4 nitrogen and oxygen atoms in total. The van der Waals surface area contributed by atoms with Crippen LogP contribution in [0.15, 0.2) is 11.6 Å². The fraction of sp³-hybridized carbons (Fsp3) is 0.429. The van der Waals surface area contributed by atoms with E-state index in [0.717, 1.165) is 18.2 Å². The van der Waals surface area contributed by atoms with Crippen LogP contribution in [0.1, 0.15) is 0 Å². The van der Waals surface area contributed by atoms with Gasteiger partial charge in [-0.25, -0.2) is 4.98 Å². The monoisotopic (exact) mass is 219 g/mol. The van der Waals surface area contributed by atoms with Crippen molar-refractivity contribution in [2.45, 2.75) is 0 Å². The highest BCUT2D eigenvalue weighted by molar-refractivity contribution is 7.13. The number of aromatic nitrogens is 1. The highest BCUT2D eigenvalue weighted by Gasteiger charge is 2.20. The minimum absolute atomic E-state index is 0. The first-order chi connectivity index (χ1) is 5.88. The lowest BCUT2D eigenvalue weighted by atomic mass is 10.4. The molecule has 0 saturated carbocycles. The number of halogens is 1. The molecule has 0 aliphatic carbocycles. The van der Waals surface area contributed by atoms with Crippen molar-refractivity contribution in [3.8, 4) is 0 Å². The lowest BCUT2D eigenvalue weighted by molar-refractivity contribution is -0.118. The topological polar surface area (TPSA) is 45.2 Å². The van der Waals surface area contributed by atoms with E-state index in [1.807, 2.05) is 5.38 Å². The summed E-state index contributed by atoms with van der Waals surface area (Å²) in [6.45, 7) is 2.01. The quantitative estimate of drug-likeness (QED) is 0.749. The van der Waals surface area contributed by atoms with E-state index in [-0.39, 0.29) is 18.3 Å². The van der Waals surface area contributed by atoms with Crippen LogP contribution in [0.3, 0.4) is 0 Å². The predicted octanol–water partition coefficient (Wildman–Crippen LogP) is 0.501. The Morgan fingerprint density at radius 1 is 1.62 bits per heavy atom. The molecule has 1 amide bonds. The first kappa shape index (κ1) is 10.4. The van der Waals surface area contributed by atoms with Crippen LogP contribution >= 0.6 is 23.7 Å². The fourth-order valence-electron chi connectivity index (χ4n) is 1.16. The number of rotatable bonds is 1. The molecule has 0 unspecified atom stereocenters. The lowest BCUT2D eigenvalue weighted by Crippen LogP contribution is -2.48. The summed E-state index contributed by atoms with van der Waals surface area (Å²) in [6, 6.07) is 0. The molecule has 2 rings (SSSR count). The van der Waals surface area contributed by atoms with Crippen LogP contribution in [0.25, 0.3) is 0 Å². The fourth-order valence-corrected chi connectivity index (χ4v) is 1.84. The Morgan fingerprint density at radius 3 is 3.08 bits per heavy atom. The smallest absolute Gasteiger partial charge is 0.242 e. The van der Waals surface area contributed by atoms with Crippen LogP contribution in [0, 0.1) is 0 Å². The molecule has 6 heteroatoms. The zero-order valence-corrected chi connectivity index (χ0v) is 8.53. The Bertz CT molecular complexity index is 277. The van der Waals surface area contributed by atoms with Crippen LogP contribution in [0.5, 0.6) is 0 Å². The molecule has 2 heterocycles. The summed E-state index contributed by atoms with van der Waals surface area (Å²) in [5.74, 6) is 0.108. The van der Waals surface area contributed by atoms with Crippen molar-refractivity contribution in [2.75, 3.05) is 24.5 Å². The van der Waals surface area contributed by atoms with Gasteiger partial charge in [-0.15, -0.1) is 23.7 Å². The van der Waals surface area contributed by atoms with E-state index in [2.05, 4.69) is 10.3 Å². The molecule has 1 aromatic rings. The Hall–Kier alpha value is -0.650. The first-order valence-corrected chi connectivity index (χ1v) is 4.66. The Balaban J connectivity index is 0.000000845. The third kappa shape index (κ3) is 2.18. The average molecular weight is 220 g/mol. The molecule has 1 aliphatic rings. The number of carbonyl (C=O) groups is 1. The van der Waals surface area contributed by atoms with Gasteiger partial charge in [-0.05, 0) is 0 Å². The summed E-state index contributed by atoms with van der Waals surface area (Å²) in [7, 11) is 0. The molecule has 0 atom stereocenters. The number of nitrogens with one attached hydrogen (secondary N) is 1. The normalized spacial score (nSPS) is 16.9. The van der Waals surface area contributed by atoms with Gasteiger partial charge in [-0.1, -0.05) is 0 Å². The number of hydrogen-bond donors (Lipinski definition) is 1. The first-order valence-electron chi connectivity index (χ1n) is 3.78. The van der Waals surface area contributed by atoms with Gasteiger partial charge in [0.1, 0.15) is 0 Å². The van der Waals surface area contributed by atoms with Crippen LogP contribution in [0.4, 0.5) is 5.13 Å². The molecular weight excluding hydrogens is 210 g/mol. The second kappa shape index (κ2) is 4.55. The van der Waals surface area contributed by atoms with E-state index < -0.39 is 0 Å². The molecule has 1 aromatic heterocycles. The van der Waals surface area contributed by atoms with Crippen LogP contribution < -0.4 is 10.2 Å². The van der Waals surface area contributed by atoms with E-state index >= 15 is 0 Å². The lowest BCUT2D eigenvalue weighted by Gasteiger charge is -2.24. The number of thiazole rings is 1. The molecule has 1 saturated heterocycles. The second-order valence-corrected chi connectivity index (χ2v) is 3.41. The number of hydrogen-bond acceptors (Lipinski definition) is 4. The van der Waals surface area contributed by atoms with Gasteiger partial charge in [0.15, 0.2) is 5.13 Å². The standard InChI is InChI=1S/C7H9N3OS.ClH/c11-6-5-8-1-3-10(6)7-9-2-4-12-7;/h2,4,8H,1,3,5H2;1H. The Labute approximate surface area is 86.4 Å². The van der Waals surface area contributed by atoms with E-state index in [9.17, 15) is 4.79 Å². The van der Waals surface area contributed by atoms with Crippen LogP contribution in [-0.4, -0.2) is 30.5 Å². The van der Waals surface area contributed by atoms with E-state index in [4.69, 9.17) is 0 Å². The van der Waals surface area contributed by atoms with E-state index in [0.29, 0.717) is 6.54 Å². The molecule has 0 spiro atoms. The molecular formula is C7H10ClN3OS. The van der Waals surface area contributed by atoms with Gasteiger partial charge in [-0.3, -0.25) is 9.69 Å². The summed E-state index contributed by atoms with van der Waals surface area (Å²) in [6.07, 6.45) is 1.72. The molecule has 13 heavy (non-hydrogen) atoms. The third-order valence-electron chi connectivity index (χ3n) is 1.74. The number of amides is 1. The van der Waals surface area contributed by atoms with Crippen LogP contribution in [-0.2, 0) is 4.79 Å². The highest BCUT2D eigenvalue weighted by atomic mass is 35.5. The van der Waals surface area contributed by atoms with Crippen molar-refractivity contribution in [3.05, 3.63) is 11.6 Å². The molecule has 72 valence electrons. The Kier molecular flexibility index (Phi) is 3.65. The summed E-state index contributed by atoms with van der Waals surface area (Å²) < 4.78 is 0. The largest absolute Gasteiger partial charge is 0.307 e. The number of carbonyl (C=O) groups excluding carboxylic acids is 1. The SMILES string of the molecule is Cl.O=C1CNCCN1c1nccs1. The van der Waals surface area contributed by atoms with Gasteiger partial charge < -0.3 is 5.32 Å². The van der Waals surface area contributed by atoms with Gasteiger partial charge in [0, 0.05) is 24.7 Å². The summed E-state index contributed by atoms with van der Waals surface area (Å²) in [5.41, 5.74) is 0. The molecule has 1 N–H and O–H groups in total. The number of nitrogens with zero attached hydrogens (tertiary/aromatic N) is 2. The summed E-state index contributed by atoms with van der Waals surface area (Å²) in [5, 5.41) is 5.70. The summed E-state index contributed by atoms with van der Waals surface area (Å²) in [4.78, 5) is 17.1. The maximum Gasteiger partial charge on any atom is 0.242 e. The maximum atomic E-state index is 11.3. The molecule has 1 fully saturated rings. The van der Waals surface area contributed by atoms with Gasteiger partial charge >= 0.3 is 0 Å². The van der Waals surface area contributed by atoms with Crippen molar-refractivity contribution < 1.29 is 4.79 Å². The third-order valence-corrected chi connectivity index (χ3v) is 2.53. The minimum Gasteiger partial charge on any atom is -0.307 e. The molecule has 0 radical (unpaired) electrons. The summed E-state index contributed by atoms with van der Waals surface area (Å²) >= 11 is 1.50. The highest BCUT2D eigenvalue weighted by Crippen LogP contribution is 2.17. The molecule has 1 aliphatic heterocycles. The van der Waals surface area contributed by atoms with Gasteiger partial charge in [0.05, 0.1) is 6.54 Å². The number of anilines is 1. The van der Waals surface area contributed by atoms with Gasteiger partial charge in [-0.2, -0.15) is 0 Å². The van der Waals surface area contributed by atoms with Crippen molar-refractivity contribution in [3.63, 3.8) is 0 Å². The average Bonchev–Trinajstić information content (AvgIpc) is 2.57. The maximum absolute atomic E-state index is 11.3. The number of piperazine rings is 1. The predicted molar refractivity (Wildman–Crippen MR) is 54.6 cm³/mol. The Morgan fingerprint density at radius 2 is 2.46 bits per heavy atom. The minimum atomic E-state index is 0. The molecule has 0 aromatic carbocycles. The van der Waals surface area contributed by atoms with Crippen LogP contribution in [0.2, 0.25) is 0 Å². The van der Waals surface area contributed by atoms with Crippen molar-refractivity contribution >= 4 is 34.8 Å². The van der Waals surface area contributed by atoms with Crippen molar-refractivity contribution in [1.29, 1.82) is 0 Å². The van der Waals surface area contributed by atoms with E-state index in [1.165, 1.54) is 11.3 Å². The van der Waals surface area contributed by atoms with Crippen molar-refractivity contribution in [1.82, 2.24) is 10.3 Å².